The summed E-state index contributed by atoms with van der Waals surface area (Å²) in [6.45, 7) is 1.32. The Labute approximate surface area is 232 Å². The van der Waals surface area contributed by atoms with Crippen LogP contribution in [0.5, 0.6) is 11.5 Å². The quantitative estimate of drug-likeness (QED) is 0.120. The molecule has 1 heterocycles. The monoisotopic (exact) mass is 674 g/mol. The molecule has 0 aromatic heterocycles. The molecule has 1 aliphatic rings. The van der Waals surface area contributed by atoms with Crippen LogP contribution in [-0.2, 0) is 14.3 Å². The number of Topliss-reactive ketones (excluding diaryl/α,β-unsaturated/α-hetero) is 1. The predicted molar refractivity (Wildman–Crippen MR) is 146 cm³/mol. The molecule has 0 amide bonds. The van der Waals surface area contributed by atoms with Crippen LogP contribution >= 0.6 is 47.8 Å². The highest BCUT2D eigenvalue weighted by Crippen LogP contribution is 2.40. The number of esters is 2. The van der Waals surface area contributed by atoms with Crippen LogP contribution in [0.25, 0.3) is 11.6 Å². The van der Waals surface area contributed by atoms with E-state index in [1.165, 1.54) is 14.0 Å². The van der Waals surface area contributed by atoms with Gasteiger partial charge in [0.15, 0.2) is 0 Å². The summed E-state index contributed by atoms with van der Waals surface area (Å²) < 4.78 is 18.0. The molecule has 36 heavy (non-hydrogen) atoms. The lowest BCUT2D eigenvalue weighted by Crippen LogP contribution is -2.11. The van der Waals surface area contributed by atoms with Crippen molar-refractivity contribution in [2.45, 2.75) is 6.92 Å². The van der Waals surface area contributed by atoms with E-state index in [1.54, 1.807) is 54.6 Å². The smallest absolute Gasteiger partial charge is 0.348 e. The number of benzene rings is 3. The Morgan fingerprint density at radius 1 is 0.917 bits per heavy atom. The van der Waals surface area contributed by atoms with E-state index < -0.39 is 17.7 Å². The SMILES string of the molecule is COc1c(Br)cc(C(=O)C2=C(c3ccc(Br)cc3)/C(=C/c3ccc(OC(C)=O)cc3)OC2=O)cc1Br. The van der Waals surface area contributed by atoms with E-state index in [0.29, 0.717) is 37.1 Å². The lowest BCUT2D eigenvalue weighted by atomic mass is 9.93. The second-order valence-corrected chi connectivity index (χ2v) is 10.2. The van der Waals surface area contributed by atoms with Crippen LogP contribution in [0.4, 0.5) is 0 Å². The van der Waals surface area contributed by atoms with Crippen molar-refractivity contribution in [2.75, 3.05) is 7.11 Å². The average molecular weight is 677 g/mol. The minimum absolute atomic E-state index is 0.0796. The first-order valence-electron chi connectivity index (χ1n) is 10.5. The van der Waals surface area contributed by atoms with Gasteiger partial charge in [-0.25, -0.2) is 4.79 Å². The van der Waals surface area contributed by atoms with Gasteiger partial charge in [0.25, 0.3) is 0 Å². The normalized spacial score (nSPS) is 14.1. The first-order chi connectivity index (χ1) is 17.2. The summed E-state index contributed by atoms with van der Waals surface area (Å²) in [7, 11) is 1.52. The molecule has 0 bridgehead atoms. The van der Waals surface area contributed by atoms with Crippen molar-refractivity contribution >= 4 is 77.2 Å². The molecular formula is C27H17Br3O6. The first kappa shape index (κ1) is 26.1. The molecule has 9 heteroatoms. The number of allylic oxidation sites excluding steroid dienone is 1. The number of rotatable bonds is 6. The van der Waals surface area contributed by atoms with E-state index in [9.17, 15) is 14.4 Å². The summed E-state index contributed by atoms with van der Waals surface area (Å²) in [6.07, 6.45) is 1.66. The Morgan fingerprint density at radius 3 is 2.08 bits per heavy atom. The van der Waals surface area contributed by atoms with Gasteiger partial charge >= 0.3 is 11.9 Å². The van der Waals surface area contributed by atoms with Crippen LogP contribution in [0.2, 0.25) is 0 Å². The van der Waals surface area contributed by atoms with E-state index in [0.717, 1.165) is 4.47 Å². The number of carbonyl (C=O) groups excluding carboxylic acids is 3. The van der Waals surface area contributed by atoms with Crippen molar-refractivity contribution in [3.8, 4) is 11.5 Å². The van der Waals surface area contributed by atoms with Crippen LogP contribution < -0.4 is 9.47 Å². The summed E-state index contributed by atoms with van der Waals surface area (Å²) >= 11 is 10.2. The third kappa shape index (κ3) is 5.53. The summed E-state index contributed by atoms with van der Waals surface area (Å²) in [5, 5.41) is 0. The Morgan fingerprint density at radius 2 is 1.53 bits per heavy atom. The maximum Gasteiger partial charge on any atom is 0.348 e. The van der Waals surface area contributed by atoms with Gasteiger partial charge in [0, 0.05) is 22.5 Å². The summed E-state index contributed by atoms with van der Waals surface area (Å²) in [5.41, 5.74) is 1.91. The lowest BCUT2D eigenvalue weighted by Gasteiger charge is -2.09. The fraction of sp³-hybridized carbons (Fsp3) is 0.0741. The number of methoxy groups -OCH3 is 1. The number of hydrogen-bond acceptors (Lipinski definition) is 6. The number of cyclic esters (lactones) is 1. The summed E-state index contributed by atoms with van der Waals surface area (Å²) in [4.78, 5) is 37.9. The fourth-order valence-electron chi connectivity index (χ4n) is 3.62. The number of carbonyl (C=O) groups is 3. The summed E-state index contributed by atoms with van der Waals surface area (Å²) in [5.74, 6) is -0.508. The number of hydrogen-bond donors (Lipinski definition) is 0. The van der Waals surface area contributed by atoms with Crippen LogP contribution in [0.15, 0.2) is 85.4 Å². The highest BCUT2D eigenvalue weighted by atomic mass is 79.9. The number of ether oxygens (including phenoxy) is 3. The van der Waals surface area contributed by atoms with Gasteiger partial charge in [-0.1, -0.05) is 40.2 Å². The zero-order chi connectivity index (χ0) is 26.0. The average Bonchev–Trinajstić information content (AvgIpc) is 3.15. The van der Waals surface area contributed by atoms with E-state index in [4.69, 9.17) is 14.2 Å². The van der Waals surface area contributed by atoms with Gasteiger partial charge in [-0.15, -0.1) is 0 Å². The minimum Gasteiger partial charge on any atom is -0.494 e. The fourth-order valence-corrected chi connectivity index (χ4v) is 5.39. The van der Waals surface area contributed by atoms with Crippen LogP contribution in [-0.4, -0.2) is 24.8 Å². The molecule has 0 saturated heterocycles. The number of ketones is 1. The first-order valence-corrected chi connectivity index (χ1v) is 12.9. The molecule has 182 valence electrons. The molecule has 0 N–H and O–H groups in total. The second-order valence-electron chi connectivity index (χ2n) is 7.62. The Bertz CT molecular complexity index is 1410. The van der Waals surface area contributed by atoms with Gasteiger partial charge in [0.2, 0.25) is 5.78 Å². The minimum atomic E-state index is -0.747. The van der Waals surface area contributed by atoms with Gasteiger partial charge in [-0.05, 0) is 85.5 Å². The third-order valence-electron chi connectivity index (χ3n) is 5.17. The molecule has 6 nitrogen and oxygen atoms in total. The molecular weight excluding hydrogens is 660 g/mol. The van der Waals surface area contributed by atoms with Gasteiger partial charge in [0.1, 0.15) is 22.8 Å². The molecule has 3 aromatic rings. The van der Waals surface area contributed by atoms with E-state index in [-0.39, 0.29) is 16.9 Å². The number of halogens is 3. The van der Waals surface area contributed by atoms with Crippen molar-refractivity contribution in [3.05, 3.63) is 102 Å². The van der Waals surface area contributed by atoms with Crippen molar-refractivity contribution in [1.82, 2.24) is 0 Å². The molecule has 0 atom stereocenters. The molecule has 0 unspecified atom stereocenters. The standard InChI is InChI=1S/C27H17Br3O6/c1-14(31)35-19-9-3-15(4-10-19)11-22-23(16-5-7-18(28)8-6-16)24(27(33)36-22)25(32)17-12-20(29)26(34-2)21(30)13-17/h3-13H,1-2H3/b22-11-. The van der Waals surface area contributed by atoms with Gasteiger partial charge < -0.3 is 14.2 Å². The highest BCUT2D eigenvalue weighted by Gasteiger charge is 2.36. The van der Waals surface area contributed by atoms with E-state index >= 15 is 0 Å². The van der Waals surface area contributed by atoms with Gasteiger partial charge in [0.05, 0.1) is 16.1 Å². The zero-order valence-corrected chi connectivity index (χ0v) is 23.7. The van der Waals surface area contributed by atoms with Crippen LogP contribution in [0, 0.1) is 0 Å². The molecule has 0 aliphatic carbocycles. The van der Waals surface area contributed by atoms with Crippen molar-refractivity contribution in [2.24, 2.45) is 0 Å². The van der Waals surface area contributed by atoms with E-state index in [1.807, 2.05) is 12.1 Å². The van der Waals surface area contributed by atoms with E-state index in [2.05, 4.69) is 47.8 Å². The largest absolute Gasteiger partial charge is 0.494 e. The topological polar surface area (TPSA) is 78.9 Å². The molecule has 0 spiro atoms. The maximum absolute atomic E-state index is 13.6. The van der Waals surface area contributed by atoms with Crippen LogP contribution in [0.3, 0.4) is 0 Å². The van der Waals surface area contributed by atoms with Gasteiger partial charge in [-0.3, -0.25) is 9.59 Å². The van der Waals surface area contributed by atoms with Crippen molar-refractivity contribution in [3.63, 3.8) is 0 Å². The Balaban J connectivity index is 1.84. The Hall–Kier alpha value is -3.01. The molecule has 0 saturated carbocycles. The second kappa shape index (κ2) is 10.9. The lowest BCUT2D eigenvalue weighted by molar-refractivity contribution is -0.133. The van der Waals surface area contributed by atoms with Crippen LogP contribution in [0.1, 0.15) is 28.4 Å². The molecule has 0 fully saturated rings. The van der Waals surface area contributed by atoms with Crippen molar-refractivity contribution in [1.29, 1.82) is 0 Å². The predicted octanol–water partition coefficient (Wildman–Crippen LogP) is 7.14. The maximum atomic E-state index is 13.6. The highest BCUT2D eigenvalue weighted by molar-refractivity contribution is 9.11. The molecule has 0 radical (unpaired) electrons. The molecule has 4 rings (SSSR count). The molecule has 3 aromatic carbocycles. The zero-order valence-electron chi connectivity index (χ0n) is 18.9. The van der Waals surface area contributed by atoms with Crippen molar-refractivity contribution < 1.29 is 28.6 Å². The summed E-state index contributed by atoms with van der Waals surface area (Å²) in [6, 6.07) is 17.1. The third-order valence-corrected chi connectivity index (χ3v) is 6.87. The Kier molecular flexibility index (Phi) is 7.92. The van der Waals surface area contributed by atoms with Gasteiger partial charge in [-0.2, -0.15) is 0 Å². The molecule has 1 aliphatic heterocycles.